The second-order valence-corrected chi connectivity index (χ2v) is 3.30. The van der Waals surface area contributed by atoms with Gasteiger partial charge in [-0.15, -0.1) is 0 Å². The first kappa shape index (κ1) is 15.3. The second-order valence-electron chi connectivity index (χ2n) is 3.30. The monoisotopic (exact) mass is 205 g/mol. The van der Waals surface area contributed by atoms with E-state index >= 15 is 0 Å². The van der Waals surface area contributed by atoms with E-state index in [9.17, 15) is 9.59 Å². The summed E-state index contributed by atoms with van der Waals surface area (Å²) in [6.45, 7) is 5.13. The third kappa shape index (κ3) is 8.95. The van der Waals surface area contributed by atoms with Crippen LogP contribution in [-0.2, 0) is 9.59 Å². The number of aliphatic carboxylic acids is 1. The molecule has 0 bridgehead atoms. The highest BCUT2D eigenvalue weighted by molar-refractivity contribution is 5.79. The zero-order chi connectivity index (χ0) is 11.9. The molecule has 0 aromatic rings. The summed E-state index contributed by atoms with van der Waals surface area (Å²) >= 11 is 0. The van der Waals surface area contributed by atoms with E-state index in [0.717, 1.165) is 0 Å². The highest BCUT2D eigenvalue weighted by atomic mass is 16.4. The maximum Gasteiger partial charge on any atom is 0.320 e. The Kier molecular flexibility index (Phi) is 7.98. The number of hydrogen-bond acceptors (Lipinski definition) is 4. The molecule has 0 fully saturated rings. The number of nitrogens with two attached hydrogens (primary N) is 3. The lowest BCUT2D eigenvalue weighted by Crippen LogP contribution is -2.40. The SMILES string of the molecule is CC(C)[C@H](N)C(N)=O.C[C@H](N)C(=O)O. The summed E-state index contributed by atoms with van der Waals surface area (Å²) in [7, 11) is 0. The molecule has 0 spiro atoms. The van der Waals surface area contributed by atoms with Crippen LogP contribution in [-0.4, -0.2) is 29.1 Å². The molecule has 0 saturated carbocycles. The first-order chi connectivity index (χ1) is 6.20. The van der Waals surface area contributed by atoms with E-state index in [1.165, 1.54) is 6.92 Å². The minimum Gasteiger partial charge on any atom is -0.480 e. The van der Waals surface area contributed by atoms with Crippen LogP contribution in [0.2, 0.25) is 0 Å². The Morgan fingerprint density at radius 3 is 1.43 bits per heavy atom. The van der Waals surface area contributed by atoms with E-state index in [1.807, 2.05) is 13.8 Å². The van der Waals surface area contributed by atoms with Gasteiger partial charge in [0.05, 0.1) is 6.04 Å². The maximum absolute atomic E-state index is 10.2. The Labute approximate surface area is 83.4 Å². The lowest BCUT2D eigenvalue weighted by Gasteiger charge is -2.09. The highest BCUT2D eigenvalue weighted by Gasteiger charge is 2.12. The maximum atomic E-state index is 10.2. The fourth-order valence-corrected chi connectivity index (χ4v) is 0.329. The standard InChI is InChI=1S/C5H12N2O.C3H7NO2/c1-3(2)4(6)5(7)8;1-2(4)3(5)6/h3-4H,6H2,1-2H3,(H2,7,8);2H,4H2,1H3,(H,5,6)/t4-;2-/m00/s1. The van der Waals surface area contributed by atoms with Crippen LogP contribution in [0.15, 0.2) is 0 Å². The Morgan fingerprint density at radius 1 is 1.14 bits per heavy atom. The predicted molar refractivity (Wildman–Crippen MR) is 53.3 cm³/mol. The first-order valence-corrected chi connectivity index (χ1v) is 4.23. The summed E-state index contributed by atoms with van der Waals surface area (Å²) in [6.07, 6.45) is 0. The Bertz CT molecular complexity index is 192. The first-order valence-electron chi connectivity index (χ1n) is 4.23. The van der Waals surface area contributed by atoms with Crippen molar-refractivity contribution in [1.29, 1.82) is 0 Å². The summed E-state index contributed by atoms with van der Waals surface area (Å²) in [5.74, 6) is -1.25. The van der Waals surface area contributed by atoms with Gasteiger partial charge in [-0.2, -0.15) is 0 Å². The summed E-state index contributed by atoms with van der Waals surface area (Å²) in [6, 6.07) is -1.22. The number of amides is 1. The number of carbonyl (C=O) groups is 2. The van der Waals surface area contributed by atoms with Gasteiger partial charge in [-0.1, -0.05) is 13.8 Å². The summed E-state index contributed by atoms with van der Waals surface area (Å²) in [5.41, 5.74) is 15.0. The van der Waals surface area contributed by atoms with Gasteiger partial charge >= 0.3 is 5.97 Å². The van der Waals surface area contributed by atoms with E-state index in [2.05, 4.69) is 0 Å². The molecule has 0 heterocycles. The van der Waals surface area contributed by atoms with Gasteiger partial charge in [0.1, 0.15) is 6.04 Å². The van der Waals surface area contributed by atoms with E-state index in [1.54, 1.807) is 0 Å². The molecule has 7 N–H and O–H groups in total. The molecule has 0 aromatic carbocycles. The van der Waals surface area contributed by atoms with E-state index in [0.29, 0.717) is 0 Å². The van der Waals surface area contributed by atoms with Gasteiger partial charge < -0.3 is 22.3 Å². The van der Waals surface area contributed by atoms with Gasteiger partial charge in [-0.3, -0.25) is 9.59 Å². The molecular weight excluding hydrogens is 186 g/mol. The zero-order valence-electron chi connectivity index (χ0n) is 8.73. The fourth-order valence-electron chi connectivity index (χ4n) is 0.329. The molecule has 0 aliphatic heterocycles. The zero-order valence-corrected chi connectivity index (χ0v) is 8.73. The quantitative estimate of drug-likeness (QED) is 0.463. The van der Waals surface area contributed by atoms with Crippen LogP contribution < -0.4 is 17.2 Å². The van der Waals surface area contributed by atoms with Crippen LogP contribution >= 0.6 is 0 Å². The summed E-state index contributed by atoms with van der Waals surface area (Å²) in [4.78, 5) is 19.8. The number of rotatable bonds is 3. The molecule has 0 aromatic heterocycles. The number of hydrogen-bond donors (Lipinski definition) is 4. The predicted octanol–water partition coefficient (Wildman–Crippen LogP) is -1.13. The van der Waals surface area contributed by atoms with Gasteiger partial charge in [0.2, 0.25) is 5.91 Å². The van der Waals surface area contributed by atoms with Crippen molar-refractivity contribution in [2.75, 3.05) is 0 Å². The molecule has 0 saturated heterocycles. The highest BCUT2D eigenvalue weighted by Crippen LogP contribution is 1.95. The number of carboxylic acid groups (broad SMARTS) is 1. The van der Waals surface area contributed by atoms with Crippen LogP contribution in [0.25, 0.3) is 0 Å². The van der Waals surface area contributed by atoms with Gasteiger partial charge in [0, 0.05) is 0 Å². The molecule has 0 unspecified atom stereocenters. The normalized spacial score (nSPS) is 13.9. The minimum absolute atomic E-state index is 0.146. The van der Waals surface area contributed by atoms with Crippen LogP contribution in [0.4, 0.5) is 0 Å². The van der Waals surface area contributed by atoms with Crippen molar-refractivity contribution >= 4 is 11.9 Å². The number of primary amides is 1. The number of carbonyl (C=O) groups excluding carboxylic acids is 1. The van der Waals surface area contributed by atoms with Gasteiger partial charge in [0.15, 0.2) is 0 Å². The molecule has 6 heteroatoms. The molecular formula is C8H19N3O3. The van der Waals surface area contributed by atoms with Crippen molar-refractivity contribution < 1.29 is 14.7 Å². The van der Waals surface area contributed by atoms with Crippen molar-refractivity contribution in [3.05, 3.63) is 0 Å². The van der Waals surface area contributed by atoms with Crippen LogP contribution in [0, 0.1) is 5.92 Å². The molecule has 0 aliphatic carbocycles. The number of carboxylic acids is 1. The average Bonchev–Trinajstić information content (AvgIpc) is 2.03. The molecule has 0 aliphatic rings. The van der Waals surface area contributed by atoms with Crippen molar-refractivity contribution in [3.8, 4) is 0 Å². The molecule has 1 amide bonds. The van der Waals surface area contributed by atoms with E-state index in [-0.39, 0.29) is 5.92 Å². The topological polar surface area (TPSA) is 132 Å². The van der Waals surface area contributed by atoms with Gasteiger partial charge in [-0.25, -0.2) is 0 Å². The Morgan fingerprint density at radius 2 is 1.43 bits per heavy atom. The van der Waals surface area contributed by atoms with Crippen LogP contribution in [0.1, 0.15) is 20.8 Å². The van der Waals surface area contributed by atoms with E-state index in [4.69, 9.17) is 22.3 Å². The van der Waals surface area contributed by atoms with Crippen molar-refractivity contribution in [2.45, 2.75) is 32.9 Å². The molecule has 0 rings (SSSR count). The molecule has 0 radical (unpaired) electrons. The third-order valence-electron chi connectivity index (χ3n) is 1.44. The molecule has 2 atom stereocenters. The van der Waals surface area contributed by atoms with Gasteiger partial charge in [0.25, 0.3) is 0 Å². The van der Waals surface area contributed by atoms with Crippen molar-refractivity contribution in [1.82, 2.24) is 0 Å². The lowest BCUT2D eigenvalue weighted by atomic mass is 10.1. The fraction of sp³-hybridized carbons (Fsp3) is 0.750. The van der Waals surface area contributed by atoms with Crippen LogP contribution in [0.3, 0.4) is 0 Å². The van der Waals surface area contributed by atoms with Crippen molar-refractivity contribution in [3.63, 3.8) is 0 Å². The van der Waals surface area contributed by atoms with Crippen LogP contribution in [0.5, 0.6) is 0 Å². The lowest BCUT2D eigenvalue weighted by molar-refractivity contribution is -0.138. The molecule has 84 valence electrons. The largest absolute Gasteiger partial charge is 0.480 e. The van der Waals surface area contributed by atoms with Gasteiger partial charge in [-0.05, 0) is 12.8 Å². The summed E-state index contributed by atoms with van der Waals surface area (Å²) < 4.78 is 0. The molecule has 6 nitrogen and oxygen atoms in total. The second kappa shape index (κ2) is 7.28. The molecule has 14 heavy (non-hydrogen) atoms. The van der Waals surface area contributed by atoms with Crippen molar-refractivity contribution in [2.24, 2.45) is 23.1 Å². The smallest absolute Gasteiger partial charge is 0.320 e. The van der Waals surface area contributed by atoms with E-state index < -0.39 is 24.0 Å². The third-order valence-corrected chi connectivity index (χ3v) is 1.44. The summed E-state index contributed by atoms with van der Waals surface area (Å²) in [5, 5.41) is 7.87. The minimum atomic E-state index is -0.963. The Hall–Kier alpha value is -1.14. The average molecular weight is 205 g/mol. The Balaban J connectivity index is 0.